The number of nitrogens with one attached hydrogen (secondary N) is 3. The summed E-state index contributed by atoms with van der Waals surface area (Å²) in [4.78, 5) is 23.1. The van der Waals surface area contributed by atoms with Crippen LogP contribution in [0.2, 0.25) is 0 Å². The summed E-state index contributed by atoms with van der Waals surface area (Å²) in [6.45, 7) is 5.97. The topological polar surface area (TPSA) is 70.2 Å². The standard InChI is InChI=1S/C14H20BrN3O2/c1-4-16-14(20)18-13(19)10(3)17-9(2)11-7-5-6-8-12(11)15/h5-10,17H,4H2,1-3H3,(H2,16,18,19,20)/t9-,10?/m0/s1. The number of imide groups is 1. The second-order valence-corrected chi connectivity index (χ2v) is 5.33. The molecule has 110 valence electrons. The Bertz CT molecular complexity index is 479. The molecule has 0 aliphatic heterocycles. The van der Waals surface area contributed by atoms with Crippen molar-refractivity contribution in [2.45, 2.75) is 32.9 Å². The molecular weight excluding hydrogens is 322 g/mol. The fourth-order valence-electron chi connectivity index (χ4n) is 1.79. The van der Waals surface area contributed by atoms with Crippen molar-refractivity contribution in [1.82, 2.24) is 16.0 Å². The van der Waals surface area contributed by atoms with Crippen LogP contribution in [-0.2, 0) is 4.79 Å². The molecule has 0 saturated heterocycles. The number of urea groups is 1. The first-order chi connectivity index (χ1) is 9.45. The summed E-state index contributed by atoms with van der Waals surface area (Å²) in [5.74, 6) is -0.352. The monoisotopic (exact) mass is 341 g/mol. The van der Waals surface area contributed by atoms with Crippen LogP contribution >= 0.6 is 15.9 Å². The molecule has 0 radical (unpaired) electrons. The number of hydrogen-bond donors (Lipinski definition) is 3. The van der Waals surface area contributed by atoms with E-state index in [2.05, 4.69) is 31.9 Å². The summed E-state index contributed by atoms with van der Waals surface area (Å²) in [7, 11) is 0. The lowest BCUT2D eigenvalue weighted by Gasteiger charge is -2.20. The van der Waals surface area contributed by atoms with E-state index in [0.717, 1.165) is 10.0 Å². The fraction of sp³-hybridized carbons (Fsp3) is 0.429. The van der Waals surface area contributed by atoms with Crippen LogP contribution in [-0.4, -0.2) is 24.5 Å². The zero-order chi connectivity index (χ0) is 15.1. The minimum atomic E-state index is -0.473. The summed E-state index contributed by atoms with van der Waals surface area (Å²) in [6, 6.07) is 6.85. The molecule has 5 nitrogen and oxygen atoms in total. The molecule has 0 saturated carbocycles. The molecule has 1 unspecified atom stereocenters. The van der Waals surface area contributed by atoms with Gasteiger partial charge in [0.1, 0.15) is 0 Å². The Morgan fingerprint density at radius 1 is 1.25 bits per heavy atom. The molecule has 6 heteroatoms. The highest BCUT2D eigenvalue weighted by molar-refractivity contribution is 9.10. The van der Waals surface area contributed by atoms with E-state index in [1.54, 1.807) is 13.8 Å². The van der Waals surface area contributed by atoms with E-state index in [0.29, 0.717) is 6.54 Å². The average molecular weight is 342 g/mol. The van der Waals surface area contributed by atoms with Gasteiger partial charge in [-0.3, -0.25) is 15.4 Å². The van der Waals surface area contributed by atoms with Gasteiger partial charge in [0, 0.05) is 17.1 Å². The summed E-state index contributed by atoms with van der Waals surface area (Å²) >= 11 is 3.48. The molecule has 1 aromatic carbocycles. The molecule has 0 spiro atoms. The number of carbonyl (C=O) groups is 2. The molecule has 0 aliphatic carbocycles. The second-order valence-electron chi connectivity index (χ2n) is 4.48. The molecule has 20 heavy (non-hydrogen) atoms. The first kappa shape index (κ1) is 16.7. The lowest BCUT2D eigenvalue weighted by molar-refractivity contribution is -0.121. The van der Waals surface area contributed by atoms with Crippen molar-refractivity contribution in [2.24, 2.45) is 0 Å². The summed E-state index contributed by atoms with van der Waals surface area (Å²) in [5.41, 5.74) is 1.06. The van der Waals surface area contributed by atoms with Crippen LogP contribution in [0, 0.1) is 0 Å². The Morgan fingerprint density at radius 2 is 1.90 bits per heavy atom. The minimum Gasteiger partial charge on any atom is -0.338 e. The van der Waals surface area contributed by atoms with Gasteiger partial charge in [-0.15, -0.1) is 0 Å². The SMILES string of the molecule is CCNC(=O)NC(=O)C(C)N[C@@H](C)c1ccccc1Br. The summed E-state index contributed by atoms with van der Waals surface area (Å²) in [6.07, 6.45) is 0. The number of halogens is 1. The van der Waals surface area contributed by atoms with Gasteiger partial charge in [0.2, 0.25) is 5.91 Å². The predicted octanol–water partition coefficient (Wildman–Crippen LogP) is 2.33. The number of benzene rings is 1. The quantitative estimate of drug-likeness (QED) is 0.769. The molecule has 3 amide bonds. The number of hydrogen-bond acceptors (Lipinski definition) is 3. The first-order valence-electron chi connectivity index (χ1n) is 6.54. The van der Waals surface area contributed by atoms with Gasteiger partial charge in [0.15, 0.2) is 0 Å². The largest absolute Gasteiger partial charge is 0.338 e. The molecule has 0 bridgehead atoms. The van der Waals surface area contributed by atoms with Gasteiger partial charge in [-0.25, -0.2) is 4.79 Å². The number of rotatable bonds is 5. The molecule has 1 aromatic rings. The van der Waals surface area contributed by atoms with E-state index in [-0.39, 0.29) is 11.9 Å². The van der Waals surface area contributed by atoms with E-state index >= 15 is 0 Å². The first-order valence-corrected chi connectivity index (χ1v) is 7.34. The fourth-order valence-corrected chi connectivity index (χ4v) is 2.42. The third-order valence-electron chi connectivity index (χ3n) is 2.84. The van der Waals surface area contributed by atoms with Gasteiger partial charge in [-0.2, -0.15) is 0 Å². The maximum absolute atomic E-state index is 11.8. The van der Waals surface area contributed by atoms with Crippen LogP contribution in [0.4, 0.5) is 4.79 Å². The van der Waals surface area contributed by atoms with Crippen LogP contribution in [0.3, 0.4) is 0 Å². The highest BCUT2D eigenvalue weighted by Crippen LogP contribution is 2.22. The lowest BCUT2D eigenvalue weighted by Crippen LogP contribution is -2.48. The lowest BCUT2D eigenvalue weighted by atomic mass is 10.1. The van der Waals surface area contributed by atoms with Crippen molar-refractivity contribution in [3.8, 4) is 0 Å². The van der Waals surface area contributed by atoms with Crippen molar-refractivity contribution in [1.29, 1.82) is 0 Å². The van der Waals surface area contributed by atoms with Crippen LogP contribution in [0.25, 0.3) is 0 Å². The van der Waals surface area contributed by atoms with Crippen LogP contribution < -0.4 is 16.0 Å². The Morgan fingerprint density at radius 3 is 2.50 bits per heavy atom. The highest BCUT2D eigenvalue weighted by atomic mass is 79.9. The third kappa shape index (κ3) is 4.94. The van der Waals surface area contributed by atoms with E-state index < -0.39 is 12.1 Å². The van der Waals surface area contributed by atoms with Gasteiger partial charge in [-0.05, 0) is 32.4 Å². The van der Waals surface area contributed by atoms with Crippen LogP contribution in [0.15, 0.2) is 28.7 Å². The molecular formula is C14H20BrN3O2. The molecule has 0 fully saturated rings. The Kier molecular flexibility index (Phi) is 6.67. The van der Waals surface area contributed by atoms with Crippen molar-refractivity contribution in [2.75, 3.05) is 6.54 Å². The molecule has 0 aromatic heterocycles. The maximum atomic E-state index is 11.8. The van der Waals surface area contributed by atoms with E-state index in [1.807, 2.05) is 31.2 Å². The van der Waals surface area contributed by atoms with E-state index in [1.165, 1.54) is 0 Å². The van der Waals surface area contributed by atoms with Gasteiger partial charge < -0.3 is 5.32 Å². The molecule has 3 N–H and O–H groups in total. The summed E-state index contributed by atoms with van der Waals surface area (Å²) in [5, 5.41) is 7.97. The molecule has 2 atom stereocenters. The molecule has 1 rings (SSSR count). The van der Waals surface area contributed by atoms with E-state index in [9.17, 15) is 9.59 Å². The smallest absolute Gasteiger partial charge is 0.321 e. The summed E-state index contributed by atoms with van der Waals surface area (Å²) < 4.78 is 0.983. The van der Waals surface area contributed by atoms with Crippen molar-refractivity contribution in [3.05, 3.63) is 34.3 Å². The number of amides is 3. The number of carbonyl (C=O) groups excluding carboxylic acids is 2. The van der Waals surface area contributed by atoms with Crippen molar-refractivity contribution in [3.63, 3.8) is 0 Å². The Hall–Kier alpha value is -1.40. The van der Waals surface area contributed by atoms with Gasteiger partial charge in [0.25, 0.3) is 0 Å². The van der Waals surface area contributed by atoms with Gasteiger partial charge in [0.05, 0.1) is 6.04 Å². The second kappa shape index (κ2) is 8.01. The van der Waals surface area contributed by atoms with Crippen molar-refractivity contribution >= 4 is 27.9 Å². The Labute approximate surface area is 127 Å². The molecule has 0 heterocycles. The van der Waals surface area contributed by atoms with Gasteiger partial charge in [-0.1, -0.05) is 34.1 Å². The van der Waals surface area contributed by atoms with E-state index in [4.69, 9.17) is 0 Å². The molecule has 0 aliphatic rings. The van der Waals surface area contributed by atoms with Crippen LogP contribution in [0.5, 0.6) is 0 Å². The third-order valence-corrected chi connectivity index (χ3v) is 3.56. The average Bonchev–Trinajstić information content (AvgIpc) is 2.39. The van der Waals surface area contributed by atoms with Crippen LogP contribution in [0.1, 0.15) is 32.4 Å². The Balaban J connectivity index is 2.57. The predicted molar refractivity (Wildman–Crippen MR) is 82.4 cm³/mol. The maximum Gasteiger partial charge on any atom is 0.321 e. The highest BCUT2D eigenvalue weighted by Gasteiger charge is 2.18. The zero-order valence-electron chi connectivity index (χ0n) is 11.9. The minimum absolute atomic E-state index is 0.0134. The van der Waals surface area contributed by atoms with Gasteiger partial charge >= 0.3 is 6.03 Å². The normalized spacial score (nSPS) is 13.4. The van der Waals surface area contributed by atoms with Crippen molar-refractivity contribution < 1.29 is 9.59 Å². The zero-order valence-corrected chi connectivity index (χ0v) is 13.5.